The minimum atomic E-state index is -0.129. The zero-order valence-corrected chi connectivity index (χ0v) is 17.1. The number of rotatable bonds is 8. The lowest BCUT2D eigenvalue weighted by Crippen LogP contribution is -2.41. The predicted molar refractivity (Wildman–Crippen MR) is 108 cm³/mol. The van der Waals surface area contributed by atoms with E-state index in [9.17, 15) is 14.4 Å². The molecule has 1 N–H and O–H groups in total. The van der Waals surface area contributed by atoms with Crippen LogP contribution >= 0.6 is 0 Å². The number of hydrogen-bond donors (Lipinski definition) is 1. The lowest BCUT2D eigenvalue weighted by Gasteiger charge is -2.30. The molecule has 7 nitrogen and oxygen atoms in total. The highest BCUT2D eigenvalue weighted by atomic mass is 16.5. The molecule has 0 radical (unpaired) electrons. The van der Waals surface area contributed by atoms with Gasteiger partial charge in [-0.15, -0.1) is 0 Å². The highest BCUT2D eigenvalue weighted by Gasteiger charge is 2.26. The van der Waals surface area contributed by atoms with Gasteiger partial charge in [-0.3, -0.25) is 19.3 Å². The summed E-state index contributed by atoms with van der Waals surface area (Å²) in [5.41, 5.74) is 1.75. The number of piperidine rings is 1. The Balaban J connectivity index is 1.78. The third-order valence-electron chi connectivity index (χ3n) is 4.91. The fourth-order valence-corrected chi connectivity index (χ4v) is 3.27. The Morgan fingerprint density at radius 2 is 1.93 bits per heavy atom. The summed E-state index contributed by atoms with van der Waals surface area (Å²) in [6.45, 7) is 3.95. The van der Waals surface area contributed by atoms with Gasteiger partial charge in [0.15, 0.2) is 0 Å². The number of nitrogens with one attached hydrogen (secondary N) is 1. The van der Waals surface area contributed by atoms with Crippen LogP contribution in [0.5, 0.6) is 0 Å². The first kappa shape index (κ1) is 21.9. The molecular weight excluding hydrogens is 358 g/mol. The second kappa shape index (κ2) is 10.8. The van der Waals surface area contributed by atoms with E-state index in [0.29, 0.717) is 39.1 Å². The summed E-state index contributed by atoms with van der Waals surface area (Å²) in [6.07, 6.45) is 2.53. The summed E-state index contributed by atoms with van der Waals surface area (Å²) in [5.74, 6) is -0.172. The Morgan fingerprint density at radius 1 is 1.21 bits per heavy atom. The van der Waals surface area contributed by atoms with Crippen molar-refractivity contribution >= 4 is 23.5 Å². The average molecular weight is 389 g/mol. The summed E-state index contributed by atoms with van der Waals surface area (Å²) >= 11 is 0. The summed E-state index contributed by atoms with van der Waals surface area (Å²) in [4.78, 5) is 39.5. The number of likely N-dealkylation sites (tertiary alicyclic amines) is 1. The Bertz CT molecular complexity index is 682. The number of esters is 1. The number of carbonyl (C=O) groups excluding carboxylic acids is 3. The van der Waals surface area contributed by atoms with E-state index >= 15 is 0 Å². The van der Waals surface area contributed by atoms with E-state index < -0.39 is 0 Å². The first-order chi connectivity index (χ1) is 13.4. The van der Waals surface area contributed by atoms with Crippen molar-refractivity contribution in [3.8, 4) is 0 Å². The highest BCUT2D eigenvalue weighted by molar-refractivity contribution is 5.92. The van der Waals surface area contributed by atoms with Crippen LogP contribution in [-0.4, -0.2) is 67.9 Å². The molecule has 0 aliphatic carbocycles. The molecule has 1 aromatic rings. The van der Waals surface area contributed by atoms with Crippen LogP contribution in [0.1, 0.15) is 31.7 Å². The maximum atomic E-state index is 12.4. The third kappa shape index (κ3) is 6.96. The van der Waals surface area contributed by atoms with Crippen LogP contribution in [0.4, 0.5) is 5.69 Å². The van der Waals surface area contributed by atoms with Gasteiger partial charge in [0.25, 0.3) is 0 Å². The molecule has 2 amide bonds. The number of amides is 2. The second-order valence-electron chi connectivity index (χ2n) is 7.34. The van der Waals surface area contributed by atoms with Crippen molar-refractivity contribution in [3.05, 3.63) is 29.8 Å². The zero-order valence-electron chi connectivity index (χ0n) is 17.1. The molecule has 0 bridgehead atoms. The van der Waals surface area contributed by atoms with E-state index in [-0.39, 0.29) is 23.7 Å². The Morgan fingerprint density at radius 3 is 2.57 bits per heavy atom. The van der Waals surface area contributed by atoms with Gasteiger partial charge < -0.3 is 15.0 Å². The van der Waals surface area contributed by atoms with Crippen molar-refractivity contribution in [1.82, 2.24) is 9.80 Å². The van der Waals surface area contributed by atoms with Gasteiger partial charge in [0.2, 0.25) is 11.8 Å². The van der Waals surface area contributed by atoms with Crippen LogP contribution in [0, 0.1) is 5.92 Å². The molecule has 0 aromatic heterocycles. The van der Waals surface area contributed by atoms with Crippen LogP contribution in [-0.2, 0) is 25.5 Å². The van der Waals surface area contributed by atoms with Gasteiger partial charge in [0.1, 0.15) is 0 Å². The Labute approximate surface area is 167 Å². The normalized spacial score (nSPS) is 15.1. The maximum absolute atomic E-state index is 12.4. The van der Waals surface area contributed by atoms with Crippen molar-refractivity contribution in [1.29, 1.82) is 0 Å². The van der Waals surface area contributed by atoms with Crippen LogP contribution in [0.2, 0.25) is 0 Å². The lowest BCUT2D eigenvalue weighted by molar-refractivity contribution is -0.149. The molecule has 0 atom stereocenters. The largest absolute Gasteiger partial charge is 0.466 e. The first-order valence-corrected chi connectivity index (χ1v) is 9.87. The minimum absolute atomic E-state index is 0.0548. The van der Waals surface area contributed by atoms with Gasteiger partial charge in [-0.25, -0.2) is 0 Å². The molecule has 1 saturated heterocycles. The van der Waals surface area contributed by atoms with Crippen molar-refractivity contribution in [3.63, 3.8) is 0 Å². The molecule has 1 aliphatic heterocycles. The van der Waals surface area contributed by atoms with E-state index in [1.54, 1.807) is 19.0 Å². The number of hydrogen-bond acceptors (Lipinski definition) is 5. The number of nitrogens with zero attached hydrogens (tertiary/aromatic N) is 2. The smallest absolute Gasteiger partial charge is 0.309 e. The number of aryl methyl sites for hydroxylation is 1. The van der Waals surface area contributed by atoms with Gasteiger partial charge in [-0.1, -0.05) is 12.1 Å². The van der Waals surface area contributed by atoms with Crippen molar-refractivity contribution in [2.75, 3.05) is 45.7 Å². The third-order valence-corrected chi connectivity index (χ3v) is 4.91. The van der Waals surface area contributed by atoms with Gasteiger partial charge >= 0.3 is 5.97 Å². The van der Waals surface area contributed by atoms with Crippen molar-refractivity contribution in [2.24, 2.45) is 5.92 Å². The number of benzene rings is 1. The van der Waals surface area contributed by atoms with Crippen LogP contribution < -0.4 is 5.32 Å². The summed E-state index contributed by atoms with van der Waals surface area (Å²) < 4.78 is 5.08. The molecular formula is C21H31N3O4. The molecule has 1 heterocycles. The average Bonchev–Trinajstić information content (AvgIpc) is 2.67. The number of carbonyl (C=O) groups is 3. The summed E-state index contributed by atoms with van der Waals surface area (Å²) in [7, 11) is 3.49. The Kier molecular flexibility index (Phi) is 8.44. The van der Waals surface area contributed by atoms with E-state index in [4.69, 9.17) is 4.74 Å². The quantitative estimate of drug-likeness (QED) is 0.687. The molecule has 0 saturated carbocycles. The van der Waals surface area contributed by atoms with Gasteiger partial charge in [-0.2, -0.15) is 0 Å². The molecule has 1 aromatic carbocycles. The first-order valence-electron chi connectivity index (χ1n) is 9.87. The molecule has 28 heavy (non-hydrogen) atoms. The van der Waals surface area contributed by atoms with E-state index in [1.165, 1.54) is 0 Å². The van der Waals surface area contributed by atoms with Gasteiger partial charge in [0.05, 0.1) is 19.1 Å². The number of ether oxygens (including phenoxy) is 1. The molecule has 154 valence electrons. The topological polar surface area (TPSA) is 79.0 Å². The number of anilines is 1. The van der Waals surface area contributed by atoms with E-state index in [2.05, 4.69) is 10.2 Å². The predicted octanol–water partition coefficient (Wildman–Crippen LogP) is 1.92. The SMILES string of the molecule is CCOC(=O)C1CCN(CC(=O)Nc2cccc(CCC(=O)N(C)C)c2)CC1. The molecule has 1 aliphatic rings. The van der Waals surface area contributed by atoms with Gasteiger partial charge in [0, 0.05) is 26.2 Å². The van der Waals surface area contributed by atoms with E-state index in [1.807, 2.05) is 31.2 Å². The Hall–Kier alpha value is -2.41. The van der Waals surface area contributed by atoms with Gasteiger partial charge in [-0.05, 0) is 57.0 Å². The fraction of sp³-hybridized carbons (Fsp3) is 0.571. The maximum Gasteiger partial charge on any atom is 0.309 e. The molecule has 7 heteroatoms. The van der Waals surface area contributed by atoms with E-state index in [0.717, 1.165) is 24.1 Å². The molecule has 0 spiro atoms. The second-order valence-corrected chi connectivity index (χ2v) is 7.34. The molecule has 1 fully saturated rings. The fourth-order valence-electron chi connectivity index (χ4n) is 3.27. The minimum Gasteiger partial charge on any atom is -0.466 e. The summed E-state index contributed by atoms with van der Waals surface area (Å²) in [5, 5.41) is 2.93. The van der Waals surface area contributed by atoms with Crippen LogP contribution in [0.25, 0.3) is 0 Å². The molecule has 2 rings (SSSR count). The molecule has 0 unspecified atom stereocenters. The van der Waals surface area contributed by atoms with Crippen molar-refractivity contribution < 1.29 is 19.1 Å². The monoisotopic (exact) mass is 389 g/mol. The van der Waals surface area contributed by atoms with Crippen LogP contribution in [0.3, 0.4) is 0 Å². The lowest BCUT2D eigenvalue weighted by atomic mass is 9.97. The van der Waals surface area contributed by atoms with Crippen molar-refractivity contribution in [2.45, 2.75) is 32.6 Å². The standard InChI is InChI=1S/C21H31N3O4/c1-4-28-21(27)17-10-12-24(13-11-17)15-19(25)22-18-7-5-6-16(14-18)8-9-20(26)23(2)3/h5-7,14,17H,4,8-13,15H2,1-3H3,(H,22,25). The summed E-state index contributed by atoms with van der Waals surface area (Å²) in [6, 6.07) is 7.60. The highest BCUT2D eigenvalue weighted by Crippen LogP contribution is 2.19. The van der Waals surface area contributed by atoms with Crippen LogP contribution in [0.15, 0.2) is 24.3 Å². The zero-order chi connectivity index (χ0) is 20.5.